The molecule has 10 nitrogen and oxygen atoms in total. The molecule has 1 atom stereocenters. The first-order valence-corrected chi connectivity index (χ1v) is 6.99. The number of nitrogens with one attached hydrogen (secondary N) is 1. The zero-order valence-corrected chi connectivity index (χ0v) is 11.5. The Balaban J connectivity index is 2.06. The minimum Gasteiger partial charge on any atom is -0.462 e. The quantitative estimate of drug-likeness (QED) is 0.300. The average Bonchev–Trinajstić information content (AvgIpc) is 2.91. The molecule has 1 aromatic heterocycles. The number of rotatable bonds is 5. The summed E-state index contributed by atoms with van der Waals surface area (Å²) in [6.07, 6.45) is 1.32. The van der Waals surface area contributed by atoms with E-state index in [0.29, 0.717) is 0 Å². The van der Waals surface area contributed by atoms with Gasteiger partial charge >= 0.3 is 10.3 Å². The Morgan fingerprint density at radius 2 is 2.33 bits per heavy atom. The highest BCUT2D eigenvalue weighted by Gasteiger charge is 2.45. The molecule has 1 aliphatic heterocycles. The maximum atomic E-state index is 12.0. The van der Waals surface area contributed by atoms with Crippen molar-refractivity contribution in [2.24, 2.45) is 5.16 Å². The Kier molecular flexibility index (Phi) is 3.95. The molecule has 11 heteroatoms. The van der Waals surface area contributed by atoms with Gasteiger partial charge in [0.1, 0.15) is 13.2 Å². The topological polar surface area (TPSA) is 139 Å². The number of β-lactam (4-membered cyclic amide) rings is 1. The molecular formula is C10H11N3O7S. The van der Waals surface area contributed by atoms with Gasteiger partial charge in [0.05, 0.1) is 12.8 Å². The van der Waals surface area contributed by atoms with Crippen LogP contribution in [0.2, 0.25) is 0 Å². The van der Waals surface area contributed by atoms with E-state index >= 15 is 0 Å². The minimum absolute atomic E-state index is 0.118. The molecule has 1 aromatic rings. The fourth-order valence-corrected chi connectivity index (χ4v) is 2.33. The first-order chi connectivity index (χ1) is 9.84. The second-order valence-corrected chi connectivity index (χ2v) is 5.31. The van der Waals surface area contributed by atoms with E-state index < -0.39 is 28.2 Å². The zero-order valence-electron chi connectivity index (χ0n) is 10.7. The third-order valence-corrected chi connectivity index (χ3v) is 3.51. The van der Waals surface area contributed by atoms with Crippen LogP contribution in [0.4, 0.5) is 0 Å². The molecule has 0 bridgehead atoms. The van der Waals surface area contributed by atoms with Crippen molar-refractivity contribution in [2.75, 3.05) is 13.7 Å². The van der Waals surface area contributed by atoms with Crippen LogP contribution in [0.25, 0.3) is 0 Å². The molecule has 1 saturated heterocycles. The summed E-state index contributed by atoms with van der Waals surface area (Å²) in [4.78, 5) is 28.0. The molecule has 2 N–H and O–H groups in total. The molecule has 0 spiro atoms. The van der Waals surface area contributed by atoms with Crippen molar-refractivity contribution < 1.29 is 31.8 Å². The van der Waals surface area contributed by atoms with Gasteiger partial charge in [-0.2, -0.15) is 8.42 Å². The molecule has 2 rings (SSSR count). The summed E-state index contributed by atoms with van der Waals surface area (Å²) in [5, 5.41) is 5.75. The van der Waals surface area contributed by atoms with Crippen LogP contribution in [-0.2, 0) is 24.7 Å². The second kappa shape index (κ2) is 5.54. The Morgan fingerprint density at radius 3 is 2.81 bits per heavy atom. The van der Waals surface area contributed by atoms with Gasteiger partial charge in [-0.05, 0) is 12.1 Å². The van der Waals surface area contributed by atoms with Crippen molar-refractivity contribution >= 4 is 27.8 Å². The van der Waals surface area contributed by atoms with Crippen LogP contribution in [0, 0.1) is 0 Å². The van der Waals surface area contributed by atoms with Crippen molar-refractivity contribution in [3.8, 4) is 0 Å². The number of oxime groups is 1. The number of hydrogen-bond acceptors (Lipinski definition) is 7. The van der Waals surface area contributed by atoms with Gasteiger partial charge in [-0.1, -0.05) is 5.16 Å². The monoisotopic (exact) mass is 317 g/mol. The van der Waals surface area contributed by atoms with E-state index in [0.717, 1.165) is 0 Å². The molecular weight excluding hydrogens is 306 g/mol. The first kappa shape index (κ1) is 15.0. The number of carbonyl (C=O) groups excluding carboxylic acids is 2. The van der Waals surface area contributed by atoms with Crippen LogP contribution >= 0.6 is 0 Å². The highest BCUT2D eigenvalue weighted by Crippen LogP contribution is 2.14. The van der Waals surface area contributed by atoms with Gasteiger partial charge in [-0.3, -0.25) is 14.1 Å². The largest absolute Gasteiger partial charge is 0.462 e. The van der Waals surface area contributed by atoms with E-state index in [-0.39, 0.29) is 22.3 Å². The number of amides is 2. The van der Waals surface area contributed by atoms with E-state index in [4.69, 9.17) is 8.97 Å². The van der Waals surface area contributed by atoms with Crippen molar-refractivity contribution in [1.29, 1.82) is 0 Å². The first-order valence-electron chi connectivity index (χ1n) is 5.59. The van der Waals surface area contributed by atoms with Crippen LogP contribution in [0.3, 0.4) is 0 Å². The van der Waals surface area contributed by atoms with Crippen LogP contribution in [-0.4, -0.2) is 54.5 Å². The Labute approximate surface area is 119 Å². The lowest BCUT2D eigenvalue weighted by atomic mass is 10.1. The summed E-state index contributed by atoms with van der Waals surface area (Å²) in [6, 6.07) is 1.92. The predicted molar refractivity (Wildman–Crippen MR) is 67.4 cm³/mol. The van der Waals surface area contributed by atoms with Gasteiger partial charge in [0.15, 0.2) is 5.76 Å². The van der Waals surface area contributed by atoms with Crippen LogP contribution < -0.4 is 5.32 Å². The maximum Gasteiger partial charge on any atom is 0.362 e. The van der Waals surface area contributed by atoms with Crippen LogP contribution in [0.15, 0.2) is 28.0 Å². The van der Waals surface area contributed by atoms with Crippen molar-refractivity contribution in [3.05, 3.63) is 24.2 Å². The summed E-state index contributed by atoms with van der Waals surface area (Å²) in [7, 11) is -3.37. The van der Waals surface area contributed by atoms with E-state index in [1.807, 2.05) is 0 Å². The van der Waals surface area contributed by atoms with Crippen LogP contribution in [0.5, 0.6) is 0 Å². The summed E-state index contributed by atoms with van der Waals surface area (Å²) in [5.74, 6) is -1.60. The van der Waals surface area contributed by atoms with Gasteiger partial charge in [-0.15, -0.1) is 0 Å². The molecule has 0 radical (unpaired) electrons. The molecule has 2 amide bonds. The predicted octanol–water partition coefficient (Wildman–Crippen LogP) is -1.24. The fraction of sp³-hybridized carbons (Fsp3) is 0.300. The van der Waals surface area contributed by atoms with Gasteiger partial charge < -0.3 is 14.6 Å². The third-order valence-electron chi connectivity index (χ3n) is 2.63. The Bertz CT molecular complexity index is 680. The summed E-state index contributed by atoms with van der Waals surface area (Å²) >= 11 is 0. The second-order valence-electron chi connectivity index (χ2n) is 3.97. The number of nitrogens with zero attached hydrogens (tertiary/aromatic N) is 2. The lowest BCUT2D eigenvalue weighted by Gasteiger charge is -2.35. The number of hydrogen-bond donors (Lipinski definition) is 2. The Hall–Kier alpha value is -2.40. The van der Waals surface area contributed by atoms with Crippen molar-refractivity contribution in [1.82, 2.24) is 9.62 Å². The fourth-order valence-electron chi connectivity index (χ4n) is 1.64. The highest BCUT2D eigenvalue weighted by atomic mass is 32.2. The molecule has 0 aromatic carbocycles. The molecule has 1 aliphatic rings. The lowest BCUT2D eigenvalue weighted by molar-refractivity contribution is -0.139. The Morgan fingerprint density at radius 1 is 1.62 bits per heavy atom. The third kappa shape index (κ3) is 3.03. The molecule has 2 heterocycles. The van der Waals surface area contributed by atoms with Gasteiger partial charge in [0, 0.05) is 0 Å². The van der Waals surface area contributed by atoms with Crippen molar-refractivity contribution in [3.63, 3.8) is 0 Å². The molecule has 21 heavy (non-hydrogen) atoms. The minimum atomic E-state index is -4.60. The van der Waals surface area contributed by atoms with E-state index in [2.05, 4.69) is 15.3 Å². The zero-order chi connectivity index (χ0) is 15.6. The lowest BCUT2D eigenvalue weighted by Crippen LogP contribution is -2.65. The summed E-state index contributed by atoms with van der Waals surface area (Å²) < 4.78 is 35.5. The molecule has 0 aliphatic carbocycles. The van der Waals surface area contributed by atoms with E-state index in [1.165, 1.54) is 25.5 Å². The maximum absolute atomic E-state index is 12.0. The molecule has 0 saturated carbocycles. The number of carbonyl (C=O) groups is 2. The summed E-state index contributed by atoms with van der Waals surface area (Å²) in [5.41, 5.74) is -0.208. The SMILES string of the molecule is CON=C(C(=O)NC1CN(S(=O)(=O)O)C1=O)c1ccco1. The number of furan rings is 1. The van der Waals surface area contributed by atoms with Gasteiger partial charge in [0.2, 0.25) is 5.71 Å². The molecule has 1 unspecified atom stereocenters. The smallest absolute Gasteiger partial charge is 0.362 e. The summed E-state index contributed by atoms with van der Waals surface area (Å²) in [6.45, 7) is -0.359. The molecule has 114 valence electrons. The van der Waals surface area contributed by atoms with Gasteiger partial charge in [0.25, 0.3) is 11.8 Å². The average molecular weight is 317 g/mol. The van der Waals surface area contributed by atoms with Gasteiger partial charge in [-0.25, -0.2) is 4.31 Å². The highest BCUT2D eigenvalue weighted by molar-refractivity contribution is 7.84. The van der Waals surface area contributed by atoms with E-state index in [9.17, 15) is 18.0 Å². The van der Waals surface area contributed by atoms with E-state index in [1.54, 1.807) is 0 Å². The standard InChI is InChI=1S/C10H11N3O7S/c1-19-12-8(7-3-2-4-20-7)9(14)11-6-5-13(10(6)15)21(16,17)18/h2-4,6H,5H2,1H3,(H,11,14)(H,16,17,18). The van der Waals surface area contributed by atoms with Crippen molar-refractivity contribution in [2.45, 2.75) is 6.04 Å². The normalized spacial score (nSPS) is 19.1. The van der Waals surface area contributed by atoms with Crippen LogP contribution in [0.1, 0.15) is 5.76 Å². The molecule has 1 fully saturated rings.